The summed E-state index contributed by atoms with van der Waals surface area (Å²) < 4.78 is 6.93. The number of benzene rings is 1. The molecule has 1 N–H and O–H groups in total. The lowest BCUT2D eigenvalue weighted by atomic mass is 9.95. The van der Waals surface area contributed by atoms with E-state index in [1.54, 1.807) is 13.0 Å². The second kappa shape index (κ2) is 8.18. The first-order valence-corrected chi connectivity index (χ1v) is 10.8. The predicted molar refractivity (Wildman–Crippen MR) is 112 cm³/mol. The number of thiophene rings is 1. The summed E-state index contributed by atoms with van der Waals surface area (Å²) in [4.78, 5) is 26.4. The third kappa shape index (κ3) is 4.09. The number of halogens is 2. The molecule has 132 valence electrons. The van der Waals surface area contributed by atoms with Crippen LogP contribution in [0, 0.1) is 3.57 Å². The van der Waals surface area contributed by atoms with Gasteiger partial charge in [0.15, 0.2) is 0 Å². The summed E-state index contributed by atoms with van der Waals surface area (Å²) in [6.07, 6.45) is 4.00. The van der Waals surface area contributed by atoms with Crippen molar-refractivity contribution in [3.63, 3.8) is 0 Å². The summed E-state index contributed by atoms with van der Waals surface area (Å²) in [6.45, 7) is 2.11. The molecule has 0 radical (unpaired) electrons. The largest absolute Gasteiger partial charge is 0.462 e. The Hall–Kier alpha value is -0.930. The highest BCUT2D eigenvalue weighted by Gasteiger charge is 2.27. The van der Waals surface area contributed by atoms with Gasteiger partial charge in [0, 0.05) is 12.9 Å². The molecule has 1 aliphatic carbocycles. The van der Waals surface area contributed by atoms with Crippen LogP contribution >= 0.6 is 49.9 Å². The van der Waals surface area contributed by atoms with Gasteiger partial charge < -0.3 is 10.1 Å². The molecule has 4 nitrogen and oxygen atoms in total. The van der Waals surface area contributed by atoms with Crippen LogP contribution in [-0.2, 0) is 17.6 Å². The number of carbonyl (C=O) groups excluding carboxylic acids is 2. The summed E-state index contributed by atoms with van der Waals surface area (Å²) >= 11 is 7.04. The van der Waals surface area contributed by atoms with E-state index in [1.807, 2.05) is 12.1 Å². The average Bonchev–Trinajstić information content (AvgIpc) is 2.95. The first-order chi connectivity index (χ1) is 12.0. The fourth-order valence-electron chi connectivity index (χ4n) is 2.92. The van der Waals surface area contributed by atoms with Gasteiger partial charge in [0.1, 0.15) is 5.00 Å². The number of rotatable bonds is 4. The first kappa shape index (κ1) is 18.8. The van der Waals surface area contributed by atoms with Crippen molar-refractivity contribution in [2.24, 2.45) is 0 Å². The molecule has 3 rings (SSSR count). The van der Waals surface area contributed by atoms with Crippen LogP contribution in [0.15, 0.2) is 22.7 Å². The van der Waals surface area contributed by atoms with E-state index in [4.69, 9.17) is 4.74 Å². The number of amides is 1. The zero-order valence-electron chi connectivity index (χ0n) is 13.7. The number of ether oxygens (including phenoxy) is 1. The molecule has 0 saturated carbocycles. The summed E-state index contributed by atoms with van der Waals surface area (Å²) in [5, 5.41) is 3.55. The fourth-order valence-corrected chi connectivity index (χ4v) is 5.13. The molecule has 1 aromatic heterocycles. The van der Waals surface area contributed by atoms with Gasteiger partial charge in [0.2, 0.25) is 0 Å². The Bertz CT molecular complexity index is 834. The maximum atomic E-state index is 12.8. The molecule has 1 amide bonds. The standard InChI is InChI=1S/C18H17BrINO3S/c1-2-24-18(23)15-11-5-3-4-6-14(11)25-17(15)21-16(22)12-9-10(19)7-8-13(12)20/h7-9H,2-6H2,1H3,(H,21,22). The minimum Gasteiger partial charge on any atom is -0.462 e. The summed E-state index contributed by atoms with van der Waals surface area (Å²) in [5.74, 6) is -0.559. The van der Waals surface area contributed by atoms with Gasteiger partial charge in [0.05, 0.1) is 17.7 Å². The molecule has 0 aliphatic heterocycles. The summed E-state index contributed by atoms with van der Waals surface area (Å²) in [5.41, 5.74) is 2.17. The lowest BCUT2D eigenvalue weighted by Crippen LogP contribution is -2.16. The molecule has 2 aromatic rings. The van der Waals surface area contributed by atoms with E-state index in [1.165, 1.54) is 16.2 Å². The molecular weight excluding hydrogens is 517 g/mol. The predicted octanol–water partition coefficient (Wildman–Crippen LogP) is 5.42. The Balaban J connectivity index is 1.96. The number of anilines is 1. The number of hydrogen-bond acceptors (Lipinski definition) is 4. The van der Waals surface area contributed by atoms with E-state index in [-0.39, 0.29) is 11.9 Å². The van der Waals surface area contributed by atoms with E-state index >= 15 is 0 Å². The summed E-state index contributed by atoms with van der Waals surface area (Å²) in [7, 11) is 0. The molecule has 0 fully saturated rings. The number of nitrogens with one attached hydrogen (secondary N) is 1. The van der Waals surface area contributed by atoms with Gasteiger partial charge in [-0.25, -0.2) is 4.79 Å². The minimum atomic E-state index is -0.346. The third-order valence-corrected chi connectivity index (χ3v) is 6.69. The van der Waals surface area contributed by atoms with Gasteiger partial charge in [-0.15, -0.1) is 11.3 Å². The number of aryl methyl sites for hydroxylation is 1. The van der Waals surface area contributed by atoms with E-state index in [2.05, 4.69) is 43.8 Å². The maximum Gasteiger partial charge on any atom is 0.341 e. The normalized spacial score (nSPS) is 13.2. The lowest BCUT2D eigenvalue weighted by molar-refractivity contribution is 0.0526. The van der Waals surface area contributed by atoms with Crippen LogP contribution in [0.25, 0.3) is 0 Å². The van der Waals surface area contributed by atoms with Crippen LogP contribution in [0.2, 0.25) is 0 Å². The maximum absolute atomic E-state index is 12.8. The van der Waals surface area contributed by atoms with Crippen LogP contribution in [-0.4, -0.2) is 18.5 Å². The van der Waals surface area contributed by atoms with Crippen LogP contribution in [0.1, 0.15) is 50.9 Å². The molecule has 0 unspecified atom stereocenters. The molecule has 0 bridgehead atoms. The Morgan fingerprint density at radius 3 is 2.84 bits per heavy atom. The van der Waals surface area contributed by atoms with E-state index in [9.17, 15) is 9.59 Å². The SMILES string of the molecule is CCOC(=O)c1c(NC(=O)c2cc(Br)ccc2I)sc2c1CCCC2. The fraction of sp³-hybridized carbons (Fsp3) is 0.333. The van der Waals surface area contributed by atoms with Crippen molar-refractivity contribution in [1.82, 2.24) is 0 Å². The molecule has 0 atom stereocenters. The highest BCUT2D eigenvalue weighted by Crippen LogP contribution is 2.39. The molecular formula is C18H17BrINO3S. The lowest BCUT2D eigenvalue weighted by Gasteiger charge is -2.12. The number of hydrogen-bond donors (Lipinski definition) is 1. The molecule has 1 aliphatic rings. The molecule has 0 saturated heterocycles. The monoisotopic (exact) mass is 533 g/mol. The van der Waals surface area contributed by atoms with Gasteiger partial charge >= 0.3 is 5.97 Å². The molecule has 25 heavy (non-hydrogen) atoms. The molecule has 1 heterocycles. The Kier molecular flexibility index (Phi) is 6.17. The average molecular weight is 534 g/mol. The van der Waals surface area contributed by atoms with Gasteiger partial charge in [-0.3, -0.25) is 4.79 Å². The number of esters is 1. The summed E-state index contributed by atoms with van der Waals surface area (Å²) in [6, 6.07) is 5.56. The smallest absolute Gasteiger partial charge is 0.341 e. The van der Waals surface area contributed by atoms with Gasteiger partial charge in [0.25, 0.3) is 5.91 Å². The number of carbonyl (C=O) groups is 2. The van der Waals surface area contributed by atoms with E-state index in [0.717, 1.165) is 39.3 Å². The van der Waals surface area contributed by atoms with Crippen molar-refractivity contribution >= 4 is 66.7 Å². The van der Waals surface area contributed by atoms with E-state index < -0.39 is 0 Å². The minimum absolute atomic E-state index is 0.213. The van der Waals surface area contributed by atoms with Crippen molar-refractivity contribution in [3.8, 4) is 0 Å². The zero-order chi connectivity index (χ0) is 18.0. The van der Waals surface area contributed by atoms with Gasteiger partial charge in [-0.2, -0.15) is 0 Å². The van der Waals surface area contributed by atoms with Crippen molar-refractivity contribution in [1.29, 1.82) is 0 Å². The first-order valence-electron chi connectivity index (χ1n) is 8.09. The van der Waals surface area contributed by atoms with Gasteiger partial charge in [-0.05, 0) is 79.0 Å². The van der Waals surface area contributed by atoms with Crippen molar-refractivity contribution in [2.75, 3.05) is 11.9 Å². The Morgan fingerprint density at radius 2 is 2.08 bits per heavy atom. The van der Waals surface area contributed by atoms with Crippen LogP contribution in [0.5, 0.6) is 0 Å². The van der Waals surface area contributed by atoms with Crippen LogP contribution < -0.4 is 5.32 Å². The zero-order valence-corrected chi connectivity index (χ0v) is 18.2. The highest BCUT2D eigenvalue weighted by atomic mass is 127. The second-order valence-corrected chi connectivity index (χ2v) is 8.90. The Morgan fingerprint density at radius 1 is 1.32 bits per heavy atom. The molecule has 1 aromatic carbocycles. The second-order valence-electron chi connectivity index (χ2n) is 5.71. The third-order valence-electron chi connectivity index (χ3n) is 4.05. The van der Waals surface area contributed by atoms with Crippen molar-refractivity contribution in [3.05, 3.63) is 47.8 Å². The van der Waals surface area contributed by atoms with Crippen LogP contribution in [0.3, 0.4) is 0 Å². The Labute approximate surface area is 172 Å². The highest BCUT2D eigenvalue weighted by molar-refractivity contribution is 14.1. The van der Waals surface area contributed by atoms with Gasteiger partial charge in [-0.1, -0.05) is 15.9 Å². The molecule has 0 spiro atoms. The van der Waals surface area contributed by atoms with Crippen molar-refractivity contribution in [2.45, 2.75) is 32.6 Å². The number of fused-ring (bicyclic) bond motifs is 1. The van der Waals surface area contributed by atoms with Crippen molar-refractivity contribution < 1.29 is 14.3 Å². The van der Waals surface area contributed by atoms with Crippen LogP contribution in [0.4, 0.5) is 5.00 Å². The molecule has 7 heteroatoms. The van der Waals surface area contributed by atoms with E-state index in [0.29, 0.717) is 22.7 Å². The topological polar surface area (TPSA) is 55.4 Å². The quantitative estimate of drug-likeness (QED) is 0.421.